The second kappa shape index (κ2) is 5.20. The van der Waals surface area contributed by atoms with Crippen molar-refractivity contribution >= 4 is 17.5 Å². The Morgan fingerprint density at radius 1 is 1.47 bits per heavy atom. The number of hydrogen-bond acceptors (Lipinski definition) is 1. The van der Waals surface area contributed by atoms with Gasteiger partial charge in [0, 0.05) is 25.4 Å². The van der Waals surface area contributed by atoms with E-state index in [4.69, 9.17) is 11.6 Å². The van der Waals surface area contributed by atoms with Crippen LogP contribution in [-0.2, 0) is 4.79 Å². The molecule has 0 aromatic rings. The van der Waals surface area contributed by atoms with Gasteiger partial charge in [0.05, 0.1) is 0 Å². The fourth-order valence-corrected chi connectivity index (χ4v) is 2.20. The van der Waals surface area contributed by atoms with Crippen molar-refractivity contribution < 1.29 is 4.79 Å². The number of alkyl halides is 1. The van der Waals surface area contributed by atoms with Crippen molar-refractivity contribution in [2.75, 3.05) is 19.0 Å². The molecule has 0 radical (unpaired) electrons. The summed E-state index contributed by atoms with van der Waals surface area (Å²) >= 11 is 5.58. The Bertz CT molecular complexity index is 222. The van der Waals surface area contributed by atoms with Crippen molar-refractivity contribution in [1.82, 2.24) is 4.90 Å². The number of carbonyl (C=O) groups is 1. The van der Waals surface area contributed by atoms with E-state index in [0.29, 0.717) is 23.6 Å². The van der Waals surface area contributed by atoms with E-state index >= 15 is 0 Å². The van der Waals surface area contributed by atoms with Crippen LogP contribution in [-0.4, -0.2) is 29.8 Å². The minimum absolute atomic E-state index is 0.280. The lowest BCUT2D eigenvalue weighted by Crippen LogP contribution is -2.31. The molecule has 1 fully saturated rings. The monoisotopic (exact) mass is 231 g/mol. The van der Waals surface area contributed by atoms with Crippen molar-refractivity contribution in [3.05, 3.63) is 0 Å². The van der Waals surface area contributed by atoms with Gasteiger partial charge in [-0.2, -0.15) is 0 Å². The van der Waals surface area contributed by atoms with E-state index in [9.17, 15) is 4.79 Å². The molecule has 1 unspecified atom stereocenters. The van der Waals surface area contributed by atoms with Crippen LogP contribution in [0.2, 0.25) is 0 Å². The molecule has 0 spiro atoms. The van der Waals surface area contributed by atoms with Crippen LogP contribution in [0.3, 0.4) is 0 Å². The lowest BCUT2D eigenvalue weighted by atomic mass is 9.80. The molecule has 3 heteroatoms. The van der Waals surface area contributed by atoms with Gasteiger partial charge < -0.3 is 4.90 Å². The second-order valence-corrected chi connectivity index (χ2v) is 5.86. The minimum Gasteiger partial charge on any atom is -0.342 e. The van der Waals surface area contributed by atoms with E-state index in [1.165, 1.54) is 0 Å². The molecule has 1 amide bonds. The van der Waals surface area contributed by atoms with Gasteiger partial charge in [0.15, 0.2) is 0 Å². The van der Waals surface area contributed by atoms with Crippen molar-refractivity contribution in [3.8, 4) is 0 Å². The molecule has 0 saturated carbocycles. The van der Waals surface area contributed by atoms with Crippen LogP contribution in [0.1, 0.15) is 40.0 Å². The van der Waals surface area contributed by atoms with Gasteiger partial charge in [-0.3, -0.25) is 4.79 Å². The summed E-state index contributed by atoms with van der Waals surface area (Å²) in [5.74, 6) is 1.52. The Morgan fingerprint density at radius 2 is 2.13 bits per heavy atom. The summed E-state index contributed by atoms with van der Waals surface area (Å²) < 4.78 is 0. The first-order valence-corrected chi connectivity index (χ1v) is 6.32. The molecule has 1 atom stereocenters. The number of halogens is 1. The Kier molecular flexibility index (Phi) is 4.45. The predicted molar refractivity (Wildman–Crippen MR) is 64.1 cm³/mol. The lowest BCUT2D eigenvalue weighted by Gasteiger charge is -2.26. The maximum Gasteiger partial charge on any atom is 0.222 e. The van der Waals surface area contributed by atoms with Gasteiger partial charge in [0.25, 0.3) is 0 Å². The third-order valence-electron chi connectivity index (χ3n) is 3.29. The molecule has 0 aromatic heterocycles. The highest BCUT2D eigenvalue weighted by atomic mass is 35.5. The summed E-state index contributed by atoms with van der Waals surface area (Å²) in [6, 6.07) is 0. The zero-order valence-electron chi connectivity index (χ0n) is 10.1. The molecule has 1 aliphatic heterocycles. The van der Waals surface area contributed by atoms with Gasteiger partial charge >= 0.3 is 0 Å². The molecule has 1 rings (SSSR count). The highest BCUT2D eigenvalue weighted by Crippen LogP contribution is 2.33. The molecular formula is C12H22ClNO. The van der Waals surface area contributed by atoms with Crippen LogP contribution >= 0.6 is 11.6 Å². The van der Waals surface area contributed by atoms with Gasteiger partial charge in [-0.1, -0.05) is 20.8 Å². The summed E-state index contributed by atoms with van der Waals surface area (Å²) in [5, 5.41) is 0. The standard InChI is InChI=1S/C12H22ClNO/c1-12(2,3)10-6-8-14(9-10)11(15)5-4-7-13/h10H,4-9H2,1-3H3. The quantitative estimate of drug-likeness (QED) is 0.684. The number of likely N-dealkylation sites (tertiary alicyclic amines) is 1. The maximum absolute atomic E-state index is 11.7. The first kappa shape index (κ1) is 12.8. The van der Waals surface area contributed by atoms with Crippen LogP contribution < -0.4 is 0 Å². The van der Waals surface area contributed by atoms with E-state index in [0.717, 1.165) is 25.9 Å². The summed E-state index contributed by atoms with van der Waals surface area (Å²) in [6.07, 6.45) is 2.56. The fraction of sp³-hybridized carbons (Fsp3) is 0.917. The van der Waals surface area contributed by atoms with Crippen molar-refractivity contribution in [2.24, 2.45) is 11.3 Å². The summed E-state index contributed by atoms with van der Waals surface area (Å²) in [4.78, 5) is 13.7. The van der Waals surface area contributed by atoms with Gasteiger partial charge in [0.2, 0.25) is 5.91 Å². The third-order valence-corrected chi connectivity index (χ3v) is 3.56. The van der Waals surface area contributed by atoms with Crippen LogP contribution in [0.5, 0.6) is 0 Å². The summed E-state index contributed by atoms with van der Waals surface area (Å²) in [6.45, 7) is 8.63. The van der Waals surface area contributed by atoms with Crippen LogP contribution in [0.25, 0.3) is 0 Å². The molecule has 0 aromatic carbocycles. The topological polar surface area (TPSA) is 20.3 Å². The predicted octanol–water partition coefficient (Wildman–Crippen LogP) is 2.90. The third kappa shape index (κ3) is 3.67. The molecule has 15 heavy (non-hydrogen) atoms. The van der Waals surface area contributed by atoms with Crippen molar-refractivity contribution in [3.63, 3.8) is 0 Å². The molecule has 2 nitrogen and oxygen atoms in total. The molecule has 1 aliphatic rings. The Labute approximate surface area is 98.0 Å². The number of amides is 1. The number of carbonyl (C=O) groups excluding carboxylic acids is 1. The Balaban J connectivity index is 2.39. The molecule has 1 saturated heterocycles. The van der Waals surface area contributed by atoms with Gasteiger partial charge in [-0.25, -0.2) is 0 Å². The van der Waals surface area contributed by atoms with Crippen molar-refractivity contribution in [2.45, 2.75) is 40.0 Å². The average molecular weight is 232 g/mol. The highest BCUT2D eigenvalue weighted by molar-refractivity contribution is 6.17. The first-order chi connectivity index (χ1) is 6.95. The van der Waals surface area contributed by atoms with Crippen molar-refractivity contribution in [1.29, 1.82) is 0 Å². The number of nitrogens with zero attached hydrogens (tertiary/aromatic N) is 1. The van der Waals surface area contributed by atoms with E-state index in [1.54, 1.807) is 0 Å². The highest BCUT2D eigenvalue weighted by Gasteiger charge is 2.33. The summed E-state index contributed by atoms with van der Waals surface area (Å²) in [7, 11) is 0. The number of rotatable bonds is 3. The Morgan fingerprint density at radius 3 is 2.60 bits per heavy atom. The second-order valence-electron chi connectivity index (χ2n) is 5.48. The first-order valence-electron chi connectivity index (χ1n) is 5.79. The maximum atomic E-state index is 11.7. The van der Waals surface area contributed by atoms with E-state index in [-0.39, 0.29) is 5.91 Å². The SMILES string of the molecule is CC(C)(C)C1CCN(C(=O)CCCCl)C1. The molecular weight excluding hydrogens is 210 g/mol. The zero-order chi connectivity index (χ0) is 11.5. The molecule has 0 N–H and O–H groups in total. The minimum atomic E-state index is 0.280. The zero-order valence-corrected chi connectivity index (χ0v) is 10.8. The Hall–Kier alpha value is -0.240. The van der Waals surface area contributed by atoms with E-state index in [2.05, 4.69) is 20.8 Å². The van der Waals surface area contributed by atoms with Crippen LogP contribution in [0, 0.1) is 11.3 Å². The fourth-order valence-electron chi connectivity index (χ4n) is 2.07. The van der Waals surface area contributed by atoms with Gasteiger partial charge in [-0.05, 0) is 24.2 Å². The number of hydrogen-bond donors (Lipinski definition) is 0. The van der Waals surface area contributed by atoms with Crippen LogP contribution in [0.15, 0.2) is 0 Å². The molecule has 0 aliphatic carbocycles. The van der Waals surface area contributed by atoms with Crippen LogP contribution in [0.4, 0.5) is 0 Å². The van der Waals surface area contributed by atoms with E-state index in [1.807, 2.05) is 4.90 Å². The van der Waals surface area contributed by atoms with Gasteiger partial charge in [-0.15, -0.1) is 11.6 Å². The summed E-state index contributed by atoms with van der Waals surface area (Å²) in [5.41, 5.74) is 0.321. The smallest absolute Gasteiger partial charge is 0.222 e. The molecule has 0 bridgehead atoms. The van der Waals surface area contributed by atoms with Gasteiger partial charge in [0.1, 0.15) is 0 Å². The van der Waals surface area contributed by atoms with E-state index < -0.39 is 0 Å². The molecule has 1 heterocycles. The molecule has 88 valence electrons. The normalized spacial score (nSPS) is 22.1. The average Bonchev–Trinajstić information content (AvgIpc) is 2.62. The largest absolute Gasteiger partial charge is 0.342 e. The lowest BCUT2D eigenvalue weighted by molar-refractivity contribution is -0.130.